The Morgan fingerprint density at radius 3 is 2.75 bits per heavy atom. The number of carbonyl (C=O) groups excluding carboxylic acids is 1. The number of carbonyl (C=O) groups is 1. The minimum absolute atomic E-state index is 0.0147. The van der Waals surface area contributed by atoms with Gasteiger partial charge in [0.25, 0.3) is 0 Å². The number of rotatable bonds is 4. The van der Waals surface area contributed by atoms with Crippen molar-refractivity contribution < 1.29 is 4.79 Å². The molecule has 16 heavy (non-hydrogen) atoms. The number of hydrogen-bond acceptors (Lipinski definition) is 2. The highest BCUT2D eigenvalue weighted by atomic mass is 16.2. The Morgan fingerprint density at radius 2 is 2.19 bits per heavy atom. The Hall–Kier alpha value is -1.01. The third kappa shape index (κ3) is 2.99. The minimum atomic E-state index is 0.0147. The van der Waals surface area contributed by atoms with Crippen LogP contribution in [0.1, 0.15) is 32.1 Å². The predicted molar refractivity (Wildman–Crippen MR) is 63.8 cm³/mol. The maximum Gasteiger partial charge on any atom is 0.240 e. The molecule has 1 N–H and O–H groups in total. The fourth-order valence-electron chi connectivity index (χ4n) is 2.24. The average molecular weight is 220 g/mol. The normalized spacial score (nSPS) is 24.8. The van der Waals surface area contributed by atoms with Gasteiger partial charge < -0.3 is 10.2 Å². The number of piperidine rings is 1. The van der Waals surface area contributed by atoms with E-state index in [0.717, 1.165) is 25.9 Å². The van der Waals surface area contributed by atoms with Crippen molar-refractivity contribution in [3.63, 3.8) is 0 Å². The van der Waals surface area contributed by atoms with Gasteiger partial charge in [0.2, 0.25) is 5.91 Å². The molecule has 0 aromatic heterocycles. The molecule has 1 aliphatic heterocycles. The lowest BCUT2D eigenvalue weighted by Gasteiger charge is -2.29. The molecule has 1 saturated carbocycles. The van der Waals surface area contributed by atoms with E-state index in [4.69, 9.17) is 6.42 Å². The summed E-state index contributed by atoms with van der Waals surface area (Å²) in [7, 11) is 0. The fourth-order valence-corrected chi connectivity index (χ4v) is 2.24. The van der Waals surface area contributed by atoms with E-state index in [0.29, 0.717) is 12.5 Å². The van der Waals surface area contributed by atoms with Crippen molar-refractivity contribution in [1.82, 2.24) is 10.2 Å². The Bertz CT molecular complexity index is 285. The molecule has 2 rings (SSSR count). The van der Waals surface area contributed by atoms with Crippen molar-refractivity contribution >= 4 is 5.91 Å². The molecule has 3 heteroatoms. The summed E-state index contributed by atoms with van der Waals surface area (Å²) in [4.78, 5) is 14.1. The van der Waals surface area contributed by atoms with Crippen LogP contribution in [0.5, 0.6) is 0 Å². The van der Waals surface area contributed by atoms with Crippen LogP contribution in [-0.2, 0) is 4.79 Å². The lowest BCUT2D eigenvalue weighted by atomic mass is 10.0. The van der Waals surface area contributed by atoms with E-state index < -0.39 is 0 Å². The Morgan fingerprint density at radius 1 is 1.38 bits per heavy atom. The lowest BCUT2D eigenvalue weighted by molar-refractivity contribution is -0.133. The van der Waals surface area contributed by atoms with Gasteiger partial charge in [-0.25, -0.2) is 0 Å². The van der Waals surface area contributed by atoms with E-state index in [-0.39, 0.29) is 11.9 Å². The number of amides is 1. The average Bonchev–Trinajstić information content (AvgIpc) is 3.13. The van der Waals surface area contributed by atoms with Crippen molar-refractivity contribution in [2.24, 2.45) is 5.92 Å². The van der Waals surface area contributed by atoms with E-state index in [1.807, 2.05) is 4.90 Å². The molecular formula is C13H20N2O. The second-order valence-electron chi connectivity index (χ2n) is 4.87. The van der Waals surface area contributed by atoms with Crippen molar-refractivity contribution in [3.05, 3.63) is 0 Å². The molecule has 0 aromatic rings. The minimum Gasteiger partial charge on any atom is -0.330 e. The van der Waals surface area contributed by atoms with Crippen LogP contribution in [-0.4, -0.2) is 36.5 Å². The lowest BCUT2D eigenvalue weighted by Crippen LogP contribution is -2.49. The zero-order valence-electron chi connectivity index (χ0n) is 9.74. The molecule has 88 valence electrons. The molecule has 1 amide bonds. The molecule has 0 aromatic carbocycles. The van der Waals surface area contributed by atoms with Crippen molar-refractivity contribution in [2.45, 2.75) is 38.1 Å². The number of nitrogens with one attached hydrogen (secondary N) is 1. The SMILES string of the molecule is C#CCN(CC1CC1)C(=O)[C@@H]1CCCCN1. The predicted octanol–water partition coefficient (Wildman–Crippen LogP) is 1.00. The molecule has 0 spiro atoms. The Kier molecular flexibility index (Phi) is 3.84. The topological polar surface area (TPSA) is 32.3 Å². The molecule has 1 atom stereocenters. The van der Waals surface area contributed by atoms with Crippen LogP contribution in [0.2, 0.25) is 0 Å². The van der Waals surface area contributed by atoms with Crippen LogP contribution in [0.25, 0.3) is 0 Å². The van der Waals surface area contributed by atoms with Gasteiger partial charge in [-0.3, -0.25) is 4.79 Å². The van der Waals surface area contributed by atoms with Gasteiger partial charge in [-0.15, -0.1) is 6.42 Å². The van der Waals surface area contributed by atoms with Crippen LogP contribution in [0, 0.1) is 18.3 Å². The summed E-state index contributed by atoms with van der Waals surface area (Å²) < 4.78 is 0. The van der Waals surface area contributed by atoms with Gasteiger partial charge in [-0.2, -0.15) is 0 Å². The monoisotopic (exact) mass is 220 g/mol. The second-order valence-corrected chi connectivity index (χ2v) is 4.87. The van der Waals surface area contributed by atoms with Gasteiger partial charge >= 0.3 is 0 Å². The first-order valence-corrected chi connectivity index (χ1v) is 6.27. The standard InChI is InChI=1S/C13H20N2O/c1-2-9-15(10-11-6-7-11)13(16)12-5-3-4-8-14-12/h1,11-12,14H,3-10H2/t12-/m0/s1. The molecule has 1 saturated heterocycles. The third-order valence-electron chi connectivity index (χ3n) is 3.38. The highest BCUT2D eigenvalue weighted by molar-refractivity contribution is 5.82. The molecule has 2 aliphatic rings. The summed E-state index contributed by atoms with van der Waals surface area (Å²) in [6.45, 7) is 2.29. The highest BCUT2D eigenvalue weighted by Gasteiger charge is 2.30. The number of hydrogen-bond donors (Lipinski definition) is 1. The second kappa shape index (κ2) is 5.36. The van der Waals surface area contributed by atoms with E-state index in [9.17, 15) is 4.79 Å². The summed E-state index contributed by atoms with van der Waals surface area (Å²) in [5, 5.41) is 3.29. The summed E-state index contributed by atoms with van der Waals surface area (Å²) in [6.07, 6.45) is 11.1. The Labute approximate surface area is 97.6 Å². The molecule has 1 heterocycles. The van der Waals surface area contributed by atoms with E-state index in [1.165, 1.54) is 19.3 Å². The molecule has 0 unspecified atom stereocenters. The Balaban J connectivity index is 1.89. The quantitative estimate of drug-likeness (QED) is 0.717. The van der Waals surface area contributed by atoms with Crippen molar-refractivity contribution in [1.29, 1.82) is 0 Å². The third-order valence-corrected chi connectivity index (χ3v) is 3.38. The smallest absolute Gasteiger partial charge is 0.240 e. The van der Waals surface area contributed by atoms with Gasteiger partial charge in [0.1, 0.15) is 0 Å². The van der Waals surface area contributed by atoms with Crippen LogP contribution in [0.3, 0.4) is 0 Å². The van der Waals surface area contributed by atoms with Gasteiger partial charge in [0.05, 0.1) is 12.6 Å². The molecule has 3 nitrogen and oxygen atoms in total. The largest absolute Gasteiger partial charge is 0.330 e. The van der Waals surface area contributed by atoms with Crippen molar-refractivity contribution in [2.75, 3.05) is 19.6 Å². The van der Waals surface area contributed by atoms with Crippen LogP contribution < -0.4 is 5.32 Å². The van der Waals surface area contributed by atoms with E-state index in [2.05, 4.69) is 11.2 Å². The number of nitrogens with zero attached hydrogens (tertiary/aromatic N) is 1. The molecule has 1 aliphatic carbocycles. The van der Waals surface area contributed by atoms with Crippen LogP contribution in [0.4, 0.5) is 0 Å². The highest BCUT2D eigenvalue weighted by Crippen LogP contribution is 2.30. The molecular weight excluding hydrogens is 200 g/mol. The van der Waals surface area contributed by atoms with Crippen LogP contribution in [0.15, 0.2) is 0 Å². The van der Waals surface area contributed by atoms with Crippen LogP contribution >= 0.6 is 0 Å². The van der Waals surface area contributed by atoms with Gasteiger partial charge in [-0.1, -0.05) is 12.3 Å². The molecule has 0 radical (unpaired) electrons. The summed E-state index contributed by atoms with van der Waals surface area (Å²) >= 11 is 0. The van der Waals surface area contributed by atoms with E-state index >= 15 is 0 Å². The zero-order valence-corrected chi connectivity index (χ0v) is 9.74. The molecule has 0 bridgehead atoms. The summed E-state index contributed by atoms with van der Waals surface area (Å²) in [5.74, 6) is 3.52. The summed E-state index contributed by atoms with van der Waals surface area (Å²) in [5.41, 5.74) is 0. The van der Waals surface area contributed by atoms with E-state index in [1.54, 1.807) is 0 Å². The maximum atomic E-state index is 12.2. The fraction of sp³-hybridized carbons (Fsp3) is 0.769. The first-order chi connectivity index (χ1) is 7.81. The van der Waals surface area contributed by atoms with Crippen molar-refractivity contribution in [3.8, 4) is 12.3 Å². The van der Waals surface area contributed by atoms with Gasteiger partial charge in [-0.05, 0) is 38.1 Å². The first-order valence-electron chi connectivity index (χ1n) is 6.27. The summed E-state index contributed by atoms with van der Waals surface area (Å²) in [6, 6.07) is 0.0147. The van der Waals surface area contributed by atoms with Gasteiger partial charge in [0, 0.05) is 6.54 Å². The zero-order chi connectivity index (χ0) is 11.4. The first kappa shape index (κ1) is 11.5. The maximum absolute atomic E-state index is 12.2. The molecule has 2 fully saturated rings. The number of terminal acetylenes is 1. The van der Waals surface area contributed by atoms with Gasteiger partial charge in [0.15, 0.2) is 0 Å².